The van der Waals surface area contributed by atoms with Crippen LogP contribution in [0.15, 0.2) is 12.1 Å². The van der Waals surface area contributed by atoms with Crippen LogP contribution in [-0.4, -0.2) is 22.7 Å². The number of nitrogens with zero attached hydrogens (tertiary/aromatic N) is 1. The molecule has 1 aromatic heterocycles. The highest BCUT2D eigenvalue weighted by Gasteiger charge is 1.99. The van der Waals surface area contributed by atoms with Crippen LogP contribution in [0, 0.1) is 10.5 Å². The maximum absolute atomic E-state index is 9.07. The molecule has 14 heavy (non-hydrogen) atoms. The summed E-state index contributed by atoms with van der Waals surface area (Å²) in [5.74, 6) is 0.878. The molecule has 0 spiro atoms. The van der Waals surface area contributed by atoms with E-state index in [9.17, 15) is 0 Å². The van der Waals surface area contributed by atoms with E-state index >= 15 is 0 Å². The summed E-state index contributed by atoms with van der Waals surface area (Å²) in [6, 6.07) is 3.99. The lowest BCUT2D eigenvalue weighted by atomic mass is 10.3. The number of anilines is 1. The fourth-order valence-corrected chi connectivity index (χ4v) is 1.35. The Bertz CT molecular complexity index is 302. The smallest absolute Gasteiger partial charge is 0.126 e. The number of halogens is 1. The first-order valence-electron chi connectivity index (χ1n) is 4.64. The van der Waals surface area contributed by atoms with Gasteiger partial charge < -0.3 is 10.4 Å². The van der Waals surface area contributed by atoms with E-state index in [2.05, 4.69) is 32.9 Å². The van der Waals surface area contributed by atoms with Gasteiger partial charge in [-0.2, -0.15) is 0 Å². The lowest BCUT2D eigenvalue weighted by Crippen LogP contribution is -2.10. The molecular formula is C10H15IN2O. The minimum absolute atomic E-state index is 0.257. The molecule has 0 amide bonds. The number of rotatable bonds is 4. The van der Waals surface area contributed by atoms with Crippen molar-refractivity contribution in [2.24, 2.45) is 0 Å². The Morgan fingerprint density at radius 1 is 1.57 bits per heavy atom. The molecule has 1 rings (SSSR count). The van der Waals surface area contributed by atoms with Gasteiger partial charge in [-0.3, -0.25) is 0 Å². The second-order valence-corrected chi connectivity index (χ2v) is 4.49. The van der Waals surface area contributed by atoms with Crippen LogP contribution in [0.3, 0.4) is 0 Å². The van der Waals surface area contributed by atoms with Gasteiger partial charge in [0, 0.05) is 10.1 Å². The molecular weight excluding hydrogens is 291 g/mol. The molecule has 0 aliphatic heterocycles. The molecule has 0 aromatic carbocycles. The largest absolute Gasteiger partial charge is 0.393 e. The van der Waals surface area contributed by atoms with Gasteiger partial charge >= 0.3 is 0 Å². The molecule has 4 heteroatoms. The van der Waals surface area contributed by atoms with Crippen LogP contribution < -0.4 is 5.32 Å². The number of hydrogen-bond donors (Lipinski definition) is 2. The summed E-state index contributed by atoms with van der Waals surface area (Å²) < 4.78 is 1.17. The van der Waals surface area contributed by atoms with E-state index in [0.717, 1.165) is 24.5 Å². The summed E-state index contributed by atoms with van der Waals surface area (Å²) in [7, 11) is 0. The van der Waals surface area contributed by atoms with Crippen LogP contribution in [-0.2, 0) is 0 Å². The normalized spacial score (nSPS) is 12.6. The monoisotopic (exact) mass is 306 g/mol. The van der Waals surface area contributed by atoms with Gasteiger partial charge in [0.15, 0.2) is 0 Å². The summed E-state index contributed by atoms with van der Waals surface area (Å²) in [5, 5.41) is 12.2. The van der Waals surface area contributed by atoms with Gasteiger partial charge in [0.05, 0.1) is 11.8 Å². The highest BCUT2D eigenvalue weighted by molar-refractivity contribution is 14.1. The average Bonchev–Trinajstić information content (AvgIpc) is 2.10. The highest BCUT2D eigenvalue weighted by Crippen LogP contribution is 2.12. The number of aliphatic hydroxyl groups is 1. The third kappa shape index (κ3) is 3.79. The number of hydrogen-bond acceptors (Lipinski definition) is 3. The molecule has 0 bridgehead atoms. The standard InChI is InChI=1S/C10H15IN2O/c1-7(14)5-6-12-10-4-3-9(11)8(2)13-10/h3-4,7,14H,5-6H2,1-2H3,(H,12,13)/t7-/m1/s1. The first-order valence-corrected chi connectivity index (χ1v) is 5.72. The Morgan fingerprint density at radius 2 is 2.29 bits per heavy atom. The van der Waals surface area contributed by atoms with Gasteiger partial charge in [0.1, 0.15) is 5.82 Å². The summed E-state index contributed by atoms with van der Waals surface area (Å²) in [6.45, 7) is 4.53. The average molecular weight is 306 g/mol. The number of aromatic nitrogens is 1. The zero-order valence-corrected chi connectivity index (χ0v) is 10.6. The molecule has 0 unspecified atom stereocenters. The molecule has 0 aliphatic carbocycles. The third-order valence-corrected chi connectivity index (χ3v) is 3.03. The molecule has 1 atom stereocenters. The molecule has 0 fully saturated rings. The first kappa shape index (κ1) is 11.7. The second-order valence-electron chi connectivity index (χ2n) is 3.33. The zero-order valence-electron chi connectivity index (χ0n) is 8.42. The number of aryl methyl sites for hydroxylation is 1. The molecule has 0 radical (unpaired) electrons. The Labute approximate surface area is 98.1 Å². The van der Waals surface area contributed by atoms with Crippen LogP contribution in [0.25, 0.3) is 0 Å². The van der Waals surface area contributed by atoms with E-state index in [4.69, 9.17) is 5.11 Å². The van der Waals surface area contributed by atoms with Crippen molar-refractivity contribution in [1.29, 1.82) is 0 Å². The molecule has 0 saturated heterocycles. The molecule has 2 N–H and O–H groups in total. The summed E-state index contributed by atoms with van der Waals surface area (Å²) >= 11 is 2.26. The third-order valence-electron chi connectivity index (χ3n) is 1.89. The molecule has 1 aromatic rings. The van der Waals surface area contributed by atoms with Crippen molar-refractivity contribution in [3.05, 3.63) is 21.4 Å². The second kappa shape index (κ2) is 5.50. The molecule has 0 aliphatic rings. The van der Waals surface area contributed by atoms with Crippen LogP contribution in [0.2, 0.25) is 0 Å². The van der Waals surface area contributed by atoms with Crippen molar-refractivity contribution in [3.8, 4) is 0 Å². The van der Waals surface area contributed by atoms with E-state index in [0.29, 0.717) is 0 Å². The Balaban J connectivity index is 2.47. The molecule has 0 saturated carbocycles. The Kier molecular flexibility index (Phi) is 4.60. The lowest BCUT2D eigenvalue weighted by molar-refractivity contribution is 0.188. The Morgan fingerprint density at radius 3 is 2.86 bits per heavy atom. The minimum Gasteiger partial charge on any atom is -0.393 e. The van der Waals surface area contributed by atoms with Gasteiger partial charge in [-0.15, -0.1) is 0 Å². The van der Waals surface area contributed by atoms with Crippen molar-refractivity contribution in [2.75, 3.05) is 11.9 Å². The molecule has 1 heterocycles. The van der Waals surface area contributed by atoms with E-state index < -0.39 is 0 Å². The van der Waals surface area contributed by atoms with Crippen LogP contribution in [0.5, 0.6) is 0 Å². The van der Waals surface area contributed by atoms with Crippen LogP contribution in [0.1, 0.15) is 19.0 Å². The maximum atomic E-state index is 9.07. The van der Waals surface area contributed by atoms with E-state index in [1.807, 2.05) is 19.1 Å². The first-order chi connectivity index (χ1) is 6.59. The van der Waals surface area contributed by atoms with Crippen molar-refractivity contribution >= 4 is 28.4 Å². The van der Waals surface area contributed by atoms with Crippen LogP contribution in [0.4, 0.5) is 5.82 Å². The fourth-order valence-electron chi connectivity index (χ4n) is 1.05. The van der Waals surface area contributed by atoms with Gasteiger partial charge in [0.25, 0.3) is 0 Å². The minimum atomic E-state index is -0.257. The number of nitrogens with one attached hydrogen (secondary N) is 1. The van der Waals surface area contributed by atoms with E-state index in [1.54, 1.807) is 6.92 Å². The quantitative estimate of drug-likeness (QED) is 0.838. The van der Waals surface area contributed by atoms with Gasteiger partial charge in [-0.25, -0.2) is 4.98 Å². The summed E-state index contributed by atoms with van der Waals surface area (Å²) in [6.07, 6.45) is 0.486. The van der Waals surface area contributed by atoms with Crippen LogP contribution >= 0.6 is 22.6 Å². The van der Waals surface area contributed by atoms with Gasteiger partial charge in [0.2, 0.25) is 0 Å². The van der Waals surface area contributed by atoms with E-state index in [1.165, 1.54) is 3.57 Å². The summed E-state index contributed by atoms with van der Waals surface area (Å²) in [4.78, 5) is 4.37. The Hall–Kier alpha value is -0.360. The summed E-state index contributed by atoms with van der Waals surface area (Å²) in [5.41, 5.74) is 1.03. The number of pyridine rings is 1. The maximum Gasteiger partial charge on any atom is 0.126 e. The van der Waals surface area contributed by atoms with Gasteiger partial charge in [-0.05, 0) is 55.0 Å². The molecule has 78 valence electrons. The van der Waals surface area contributed by atoms with Gasteiger partial charge in [-0.1, -0.05) is 0 Å². The zero-order chi connectivity index (χ0) is 10.6. The predicted molar refractivity (Wildman–Crippen MR) is 66.5 cm³/mol. The van der Waals surface area contributed by atoms with Crippen molar-refractivity contribution in [1.82, 2.24) is 4.98 Å². The lowest BCUT2D eigenvalue weighted by Gasteiger charge is -2.08. The van der Waals surface area contributed by atoms with Crippen molar-refractivity contribution in [2.45, 2.75) is 26.4 Å². The van der Waals surface area contributed by atoms with Crippen molar-refractivity contribution < 1.29 is 5.11 Å². The highest BCUT2D eigenvalue weighted by atomic mass is 127. The molecule has 3 nitrogen and oxygen atoms in total. The topological polar surface area (TPSA) is 45.2 Å². The fraction of sp³-hybridized carbons (Fsp3) is 0.500. The SMILES string of the molecule is Cc1nc(NCC[C@@H](C)O)ccc1I. The van der Waals surface area contributed by atoms with Crippen molar-refractivity contribution in [3.63, 3.8) is 0 Å². The predicted octanol–water partition coefficient (Wildman–Crippen LogP) is 2.18. The number of aliphatic hydroxyl groups excluding tert-OH is 1. The van der Waals surface area contributed by atoms with E-state index in [-0.39, 0.29) is 6.10 Å².